The number of aryl methyl sites for hydroxylation is 1. The number of hydrogen-bond donors (Lipinski definition) is 0. The Labute approximate surface area is 180 Å². The second kappa shape index (κ2) is 8.29. The number of halogens is 2. The number of fused-ring (bicyclic) bond motifs is 1. The molecule has 2 aromatic heterocycles. The third kappa shape index (κ3) is 3.89. The number of carbonyl (C=O) groups excluding carboxylic acids is 1. The van der Waals surface area contributed by atoms with Gasteiger partial charge >= 0.3 is 5.69 Å². The normalized spacial score (nSPS) is 17.2. The topological polar surface area (TPSA) is 82.1 Å². The molecule has 1 aromatic carbocycles. The average Bonchev–Trinajstić information content (AvgIpc) is 3.00. The summed E-state index contributed by atoms with van der Waals surface area (Å²) in [6.45, 7) is 0.739. The maximum Gasteiger partial charge on any atom is 0.332 e. The van der Waals surface area contributed by atoms with Gasteiger partial charge in [0.15, 0.2) is 11.2 Å². The van der Waals surface area contributed by atoms with Gasteiger partial charge in [0.25, 0.3) is 5.56 Å². The molecule has 8 nitrogen and oxygen atoms in total. The van der Waals surface area contributed by atoms with Crippen molar-refractivity contribution >= 4 is 28.8 Å². The van der Waals surface area contributed by atoms with E-state index in [4.69, 9.17) is 0 Å². The molecule has 11 heteroatoms. The number of benzene rings is 1. The predicted molar refractivity (Wildman–Crippen MR) is 113 cm³/mol. The van der Waals surface area contributed by atoms with E-state index in [2.05, 4.69) is 4.98 Å². The summed E-state index contributed by atoms with van der Waals surface area (Å²) < 4.78 is 31.4. The molecule has 3 aromatic rings. The van der Waals surface area contributed by atoms with E-state index in [1.54, 1.807) is 4.90 Å². The van der Waals surface area contributed by atoms with Gasteiger partial charge in [-0.25, -0.2) is 18.6 Å². The third-order valence-electron chi connectivity index (χ3n) is 5.52. The van der Waals surface area contributed by atoms with Crippen molar-refractivity contribution in [3.05, 3.63) is 62.6 Å². The molecule has 1 aliphatic rings. The molecular formula is C20H21F2N5O3S. The number of carbonyl (C=O) groups is 1. The summed E-state index contributed by atoms with van der Waals surface area (Å²) in [6.07, 6.45) is 1.86. The Bertz CT molecular complexity index is 1280. The van der Waals surface area contributed by atoms with Crippen LogP contribution in [0.2, 0.25) is 0 Å². The summed E-state index contributed by atoms with van der Waals surface area (Å²) in [4.78, 5) is 43.3. The number of aromatic nitrogens is 4. The van der Waals surface area contributed by atoms with E-state index in [9.17, 15) is 23.2 Å². The number of imidazole rings is 1. The zero-order chi connectivity index (χ0) is 22.3. The van der Waals surface area contributed by atoms with Gasteiger partial charge in [0.1, 0.15) is 18.2 Å². The highest BCUT2D eigenvalue weighted by atomic mass is 32.2. The van der Waals surface area contributed by atoms with Gasteiger partial charge in [-0.2, -0.15) is 11.8 Å². The lowest BCUT2D eigenvalue weighted by atomic mass is 10.1. The summed E-state index contributed by atoms with van der Waals surface area (Å²) in [6, 6.07) is 3.42. The molecule has 0 spiro atoms. The number of nitrogens with zero attached hydrogens (tertiary/aromatic N) is 5. The van der Waals surface area contributed by atoms with Crippen LogP contribution in [0, 0.1) is 11.6 Å². The van der Waals surface area contributed by atoms with Crippen LogP contribution < -0.4 is 11.2 Å². The van der Waals surface area contributed by atoms with Crippen molar-refractivity contribution in [3.8, 4) is 0 Å². The van der Waals surface area contributed by atoms with Crippen LogP contribution in [0.25, 0.3) is 11.2 Å². The van der Waals surface area contributed by atoms with Crippen LogP contribution in [0.15, 0.2) is 34.1 Å². The van der Waals surface area contributed by atoms with E-state index in [0.717, 1.165) is 16.7 Å². The Morgan fingerprint density at radius 1 is 1.19 bits per heavy atom. The smallest absolute Gasteiger partial charge is 0.332 e. The Balaban J connectivity index is 1.53. The van der Waals surface area contributed by atoms with Crippen LogP contribution in [0.5, 0.6) is 0 Å². The molecule has 0 aliphatic carbocycles. The summed E-state index contributed by atoms with van der Waals surface area (Å²) >= 11 is 1.49. The molecule has 0 N–H and O–H groups in total. The number of hydrogen-bond acceptors (Lipinski definition) is 5. The molecule has 1 saturated heterocycles. The van der Waals surface area contributed by atoms with E-state index < -0.39 is 22.9 Å². The first-order chi connectivity index (χ1) is 14.8. The molecule has 1 fully saturated rings. The van der Waals surface area contributed by atoms with Crippen LogP contribution in [-0.4, -0.2) is 48.3 Å². The highest BCUT2D eigenvalue weighted by Crippen LogP contribution is 2.36. The van der Waals surface area contributed by atoms with Crippen molar-refractivity contribution in [2.24, 2.45) is 14.1 Å². The van der Waals surface area contributed by atoms with E-state index in [1.165, 1.54) is 47.4 Å². The van der Waals surface area contributed by atoms with Gasteiger partial charge in [0, 0.05) is 43.8 Å². The summed E-state index contributed by atoms with van der Waals surface area (Å²) in [5.74, 6) is -0.578. The molecule has 164 valence electrons. The molecule has 1 amide bonds. The van der Waals surface area contributed by atoms with Crippen molar-refractivity contribution in [1.29, 1.82) is 0 Å². The summed E-state index contributed by atoms with van der Waals surface area (Å²) in [5, 5.41) is -0.246. The average molecular weight is 449 g/mol. The van der Waals surface area contributed by atoms with Crippen molar-refractivity contribution < 1.29 is 13.6 Å². The molecular weight excluding hydrogens is 428 g/mol. The van der Waals surface area contributed by atoms with E-state index in [-0.39, 0.29) is 28.9 Å². The van der Waals surface area contributed by atoms with Gasteiger partial charge < -0.3 is 9.47 Å². The molecule has 1 atom stereocenters. The highest BCUT2D eigenvalue weighted by Gasteiger charge is 2.25. The number of rotatable bonds is 3. The molecule has 0 bridgehead atoms. The first kappa shape index (κ1) is 21.3. The fourth-order valence-corrected chi connectivity index (χ4v) is 5.03. The van der Waals surface area contributed by atoms with Gasteiger partial charge in [-0.05, 0) is 24.6 Å². The minimum Gasteiger partial charge on any atom is -0.340 e. The Morgan fingerprint density at radius 2 is 1.97 bits per heavy atom. The van der Waals surface area contributed by atoms with Gasteiger partial charge in [0.05, 0.1) is 6.33 Å². The van der Waals surface area contributed by atoms with Crippen molar-refractivity contribution in [2.45, 2.75) is 18.2 Å². The molecule has 0 radical (unpaired) electrons. The standard InChI is InChI=1S/C20H21F2N5O3S/c1-24-18-17(19(29)25(2)20(24)30)27(11-23-18)10-16(28)26-6-5-15(31-8-7-26)13-9-12(21)3-4-14(13)22/h3-4,9,11,15H,5-8,10H2,1-2H3. The van der Waals surface area contributed by atoms with E-state index in [1.807, 2.05) is 0 Å². The molecule has 4 rings (SSSR count). The summed E-state index contributed by atoms with van der Waals surface area (Å²) in [7, 11) is 2.89. The maximum atomic E-state index is 14.1. The zero-order valence-electron chi connectivity index (χ0n) is 17.0. The van der Waals surface area contributed by atoms with E-state index in [0.29, 0.717) is 30.8 Å². The maximum absolute atomic E-state index is 14.1. The van der Waals surface area contributed by atoms with Crippen LogP contribution in [0.4, 0.5) is 8.78 Å². The second-order valence-electron chi connectivity index (χ2n) is 7.45. The fraction of sp³-hybridized carbons (Fsp3) is 0.400. The van der Waals surface area contributed by atoms with Crippen LogP contribution in [0.1, 0.15) is 17.2 Å². The SMILES string of the molecule is Cn1c(=O)c2c(ncn2CC(=O)N2CCSC(c3cc(F)ccc3F)CC2)n(C)c1=O. The third-order valence-corrected chi connectivity index (χ3v) is 6.83. The monoisotopic (exact) mass is 449 g/mol. The van der Waals surface area contributed by atoms with Crippen LogP contribution in [-0.2, 0) is 25.4 Å². The first-order valence-electron chi connectivity index (χ1n) is 9.73. The van der Waals surface area contributed by atoms with Crippen LogP contribution >= 0.6 is 11.8 Å². The lowest BCUT2D eigenvalue weighted by Crippen LogP contribution is -2.39. The molecule has 1 aliphatic heterocycles. The van der Waals surface area contributed by atoms with Crippen LogP contribution in [0.3, 0.4) is 0 Å². The quantitative estimate of drug-likeness (QED) is 0.604. The van der Waals surface area contributed by atoms with Gasteiger partial charge in [-0.15, -0.1) is 0 Å². The van der Waals surface area contributed by atoms with Crippen molar-refractivity contribution in [1.82, 2.24) is 23.6 Å². The van der Waals surface area contributed by atoms with Gasteiger partial charge in [-0.3, -0.25) is 18.7 Å². The second-order valence-corrected chi connectivity index (χ2v) is 8.76. The lowest BCUT2D eigenvalue weighted by molar-refractivity contribution is -0.131. The summed E-state index contributed by atoms with van der Waals surface area (Å²) in [5.41, 5.74) is -0.300. The molecule has 1 unspecified atom stereocenters. The minimum atomic E-state index is -0.517. The number of amides is 1. The van der Waals surface area contributed by atoms with Crippen molar-refractivity contribution in [3.63, 3.8) is 0 Å². The largest absolute Gasteiger partial charge is 0.340 e. The first-order valence-corrected chi connectivity index (χ1v) is 10.8. The minimum absolute atomic E-state index is 0.104. The Morgan fingerprint density at radius 3 is 2.74 bits per heavy atom. The molecule has 0 saturated carbocycles. The number of thioether (sulfide) groups is 1. The molecule has 31 heavy (non-hydrogen) atoms. The van der Waals surface area contributed by atoms with E-state index >= 15 is 0 Å². The Hall–Kier alpha value is -2.95. The lowest BCUT2D eigenvalue weighted by Gasteiger charge is -2.21. The van der Waals surface area contributed by atoms with Crippen molar-refractivity contribution in [2.75, 3.05) is 18.8 Å². The Kier molecular flexibility index (Phi) is 5.69. The predicted octanol–water partition coefficient (Wildman–Crippen LogP) is 1.42. The zero-order valence-corrected chi connectivity index (χ0v) is 17.9. The molecule has 3 heterocycles. The van der Waals surface area contributed by atoms with Gasteiger partial charge in [0.2, 0.25) is 5.91 Å². The van der Waals surface area contributed by atoms with Gasteiger partial charge in [-0.1, -0.05) is 0 Å². The highest BCUT2D eigenvalue weighted by molar-refractivity contribution is 7.99. The fourth-order valence-electron chi connectivity index (χ4n) is 3.79.